The van der Waals surface area contributed by atoms with Gasteiger partial charge >= 0.3 is 0 Å². The summed E-state index contributed by atoms with van der Waals surface area (Å²) >= 11 is 0. The number of piperazine rings is 1. The summed E-state index contributed by atoms with van der Waals surface area (Å²) in [5, 5.41) is 0. The van der Waals surface area contributed by atoms with Gasteiger partial charge in [0.25, 0.3) is 0 Å². The van der Waals surface area contributed by atoms with Crippen molar-refractivity contribution < 1.29 is 9.53 Å². The maximum atomic E-state index is 12.5. The summed E-state index contributed by atoms with van der Waals surface area (Å²) in [6.07, 6.45) is 0.595. The van der Waals surface area contributed by atoms with Gasteiger partial charge in [0, 0.05) is 44.7 Å². The molecule has 4 heteroatoms. The summed E-state index contributed by atoms with van der Waals surface area (Å²) in [5.41, 5.74) is 2.89. The third-order valence-electron chi connectivity index (χ3n) is 4.37. The summed E-state index contributed by atoms with van der Waals surface area (Å²) < 4.78 is 5.59. The summed E-state index contributed by atoms with van der Waals surface area (Å²) in [7, 11) is 2.15. The molecule has 0 atom stereocenters. The van der Waals surface area contributed by atoms with E-state index in [0.29, 0.717) is 13.0 Å². The van der Waals surface area contributed by atoms with E-state index in [9.17, 15) is 4.79 Å². The molecular weight excluding hydrogens is 276 g/mol. The van der Waals surface area contributed by atoms with Crippen molar-refractivity contribution in [2.24, 2.45) is 0 Å². The van der Waals surface area contributed by atoms with Gasteiger partial charge in [-0.15, -0.1) is 0 Å². The normalized spacial score (nSPS) is 16.7. The molecule has 2 rings (SSSR count). The third kappa shape index (κ3) is 4.31. The molecule has 22 heavy (non-hydrogen) atoms. The van der Waals surface area contributed by atoms with Crippen molar-refractivity contribution in [3.63, 3.8) is 0 Å². The number of ketones is 1. The quantitative estimate of drug-likeness (QED) is 0.756. The lowest BCUT2D eigenvalue weighted by Crippen LogP contribution is -2.45. The zero-order valence-electron chi connectivity index (χ0n) is 14.3. The van der Waals surface area contributed by atoms with Crippen LogP contribution in [0.3, 0.4) is 0 Å². The van der Waals surface area contributed by atoms with Gasteiger partial charge in [-0.25, -0.2) is 0 Å². The van der Waals surface area contributed by atoms with Crippen LogP contribution in [-0.2, 0) is 0 Å². The van der Waals surface area contributed by atoms with Crippen molar-refractivity contribution in [3.05, 3.63) is 28.8 Å². The van der Waals surface area contributed by atoms with Crippen molar-refractivity contribution in [3.8, 4) is 5.75 Å². The average Bonchev–Trinajstić information content (AvgIpc) is 2.50. The summed E-state index contributed by atoms with van der Waals surface area (Å²) in [4.78, 5) is 17.2. The molecule has 0 aromatic heterocycles. The smallest absolute Gasteiger partial charge is 0.164 e. The number of hydrogen-bond donors (Lipinski definition) is 0. The first kappa shape index (κ1) is 17.0. The molecule has 1 heterocycles. The molecule has 0 unspecified atom stereocenters. The Bertz CT molecular complexity index is 520. The van der Waals surface area contributed by atoms with Crippen LogP contribution >= 0.6 is 0 Å². The molecule has 0 aliphatic carbocycles. The fourth-order valence-corrected chi connectivity index (χ4v) is 2.87. The molecule has 0 radical (unpaired) electrons. The molecule has 1 aromatic carbocycles. The molecule has 0 spiro atoms. The SMILES string of the molecule is CCOc1cc(C)c(C(=O)CCN2CCN(C)CC2)cc1C. The number of benzene rings is 1. The molecule has 0 saturated carbocycles. The Morgan fingerprint density at radius 3 is 2.45 bits per heavy atom. The first-order valence-corrected chi connectivity index (χ1v) is 8.19. The van der Waals surface area contributed by atoms with Crippen LogP contribution in [0.4, 0.5) is 0 Å². The predicted molar refractivity (Wildman–Crippen MR) is 90.0 cm³/mol. The first-order chi connectivity index (χ1) is 10.5. The van der Waals surface area contributed by atoms with Gasteiger partial charge < -0.3 is 14.5 Å². The number of aryl methyl sites for hydroxylation is 2. The lowest BCUT2D eigenvalue weighted by atomic mass is 9.99. The molecule has 1 aromatic rings. The van der Waals surface area contributed by atoms with Gasteiger partial charge in [0.05, 0.1) is 6.61 Å². The zero-order valence-corrected chi connectivity index (χ0v) is 14.3. The highest BCUT2D eigenvalue weighted by Crippen LogP contribution is 2.24. The largest absolute Gasteiger partial charge is 0.494 e. The first-order valence-electron chi connectivity index (χ1n) is 8.19. The Labute approximate surface area is 134 Å². The van der Waals surface area contributed by atoms with Gasteiger partial charge in [-0.3, -0.25) is 4.79 Å². The number of likely N-dealkylation sites (N-methyl/N-ethyl adjacent to an activating group) is 1. The highest BCUT2D eigenvalue weighted by Gasteiger charge is 2.17. The minimum Gasteiger partial charge on any atom is -0.494 e. The highest BCUT2D eigenvalue weighted by atomic mass is 16.5. The number of ether oxygens (including phenoxy) is 1. The van der Waals surface area contributed by atoms with Crippen molar-refractivity contribution in [1.82, 2.24) is 9.80 Å². The van der Waals surface area contributed by atoms with E-state index in [1.165, 1.54) is 0 Å². The van der Waals surface area contributed by atoms with E-state index in [1.807, 2.05) is 32.9 Å². The minimum atomic E-state index is 0.238. The van der Waals surface area contributed by atoms with Gasteiger partial charge in [-0.2, -0.15) is 0 Å². The second-order valence-corrected chi connectivity index (χ2v) is 6.18. The lowest BCUT2D eigenvalue weighted by Gasteiger charge is -2.32. The van der Waals surface area contributed by atoms with Crippen LogP contribution in [0.2, 0.25) is 0 Å². The second-order valence-electron chi connectivity index (χ2n) is 6.18. The van der Waals surface area contributed by atoms with E-state index in [-0.39, 0.29) is 5.78 Å². The van der Waals surface area contributed by atoms with Gasteiger partial charge in [-0.05, 0) is 51.1 Å². The highest BCUT2D eigenvalue weighted by molar-refractivity contribution is 5.98. The summed E-state index contributed by atoms with van der Waals surface area (Å²) in [6.45, 7) is 11.8. The standard InChI is InChI=1S/C18H28N2O2/c1-5-22-18-13-14(2)16(12-15(18)3)17(21)6-7-20-10-8-19(4)9-11-20/h12-13H,5-11H2,1-4H3. The van der Waals surface area contributed by atoms with Crippen molar-refractivity contribution in [2.45, 2.75) is 27.2 Å². The van der Waals surface area contributed by atoms with E-state index in [4.69, 9.17) is 4.74 Å². The summed E-state index contributed by atoms with van der Waals surface area (Å²) in [5.74, 6) is 1.12. The minimum absolute atomic E-state index is 0.238. The Kier molecular flexibility index (Phi) is 5.98. The molecule has 0 bridgehead atoms. The van der Waals surface area contributed by atoms with Crippen LogP contribution in [0.5, 0.6) is 5.75 Å². The van der Waals surface area contributed by atoms with Crippen molar-refractivity contribution >= 4 is 5.78 Å². The monoisotopic (exact) mass is 304 g/mol. The van der Waals surface area contributed by atoms with E-state index in [1.54, 1.807) is 0 Å². The van der Waals surface area contributed by atoms with E-state index >= 15 is 0 Å². The van der Waals surface area contributed by atoms with Gasteiger partial charge in [0.2, 0.25) is 0 Å². The van der Waals surface area contributed by atoms with Crippen LogP contribution in [0.25, 0.3) is 0 Å². The maximum Gasteiger partial charge on any atom is 0.164 e. The van der Waals surface area contributed by atoms with E-state index in [2.05, 4.69) is 16.8 Å². The number of rotatable bonds is 6. The number of Topliss-reactive ketones (excluding diaryl/α,β-unsaturated/α-hetero) is 1. The Morgan fingerprint density at radius 2 is 1.82 bits per heavy atom. The zero-order chi connectivity index (χ0) is 16.1. The molecule has 1 aliphatic heterocycles. The molecule has 1 aliphatic rings. The topological polar surface area (TPSA) is 32.8 Å². The van der Waals surface area contributed by atoms with Crippen LogP contribution in [0, 0.1) is 13.8 Å². The number of carbonyl (C=O) groups is 1. The Morgan fingerprint density at radius 1 is 1.14 bits per heavy atom. The fraction of sp³-hybridized carbons (Fsp3) is 0.611. The average molecular weight is 304 g/mol. The molecular formula is C18H28N2O2. The lowest BCUT2D eigenvalue weighted by molar-refractivity contribution is 0.0941. The predicted octanol–water partition coefficient (Wildman–Crippen LogP) is 2.52. The van der Waals surface area contributed by atoms with Crippen LogP contribution < -0.4 is 4.74 Å². The summed E-state index contributed by atoms with van der Waals surface area (Å²) in [6, 6.07) is 3.97. The molecule has 4 nitrogen and oxygen atoms in total. The van der Waals surface area contributed by atoms with Gasteiger partial charge in [0.15, 0.2) is 5.78 Å². The van der Waals surface area contributed by atoms with Gasteiger partial charge in [0.1, 0.15) is 5.75 Å². The number of carbonyl (C=O) groups excluding carboxylic acids is 1. The fourth-order valence-electron chi connectivity index (χ4n) is 2.87. The molecule has 0 amide bonds. The van der Waals surface area contributed by atoms with Crippen molar-refractivity contribution in [1.29, 1.82) is 0 Å². The van der Waals surface area contributed by atoms with Crippen LogP contribution in [0.15, 0.2) is 12.1 Å². The van der Waals surface area contributed by atoms with Crippen LogP contribution in [0.1, 0.15) is 34.8 Å². The Balaban J connectivity index is 1.96. The number of hydrogen-bond acceptors (Lipinski definition) is 4. The molecule has 1 saturated heterocycles. The van der Waals surface area contributed by atoms with E-state index < -0.39 is 0 Å². The van der Waals surface area contributed by atoms with Gasteiger partial charge in [-0.1, -0.05) is 0 Å². The van der Waals surface area contributed by atoms with Crippen molar-refractivity contribution in [2.75, 3.05) is 46.4 Å². The van der Waals surface area contributed by atoms with E-state index in [0.717, 1.165) is 55.2 Å². The Hall–Kier alpha value is -1.39. The molecule has 0 N–H and O–H groups in total. The second kappa shape index (κ2) is 7.75. The third-order valence-corrected chi connectivity index (χ3v) is 4.37. The molecule has 122 valence electrons. The number of nitrogens with zero attached hydrogens (tertiary/aromatic N) is 2. The maximum absolute atomic E-state index is 12.5. The van der Waals surface area contributed by atoms with Crippen LogP contribution in [-0.4, -0.2) is 62.0 Å². The molecule has 1 fully saturated rings.